The number of carbonyl (C=O) groups excluding carboxylic acids is 1. The Labute approximate surface area is 112 Å². The van der Waals surface area contributed by atoms with Gasteiger partial charge in [-0.2, -0.15) is 0 Å². The molecule has 0 amide bonds. The highest BCUT2D eigenvalue weighted by Gasteiger charge is 2.44. The second-order valence-electron chi connectivity index (χ2n) is 5.03. The van der Waals surface area contributed by atoms with Gasteiger partial charge in [0, 0.05) is 19.0 Å². The molecule has 1 heterocycles. The molecule has 1 aliphatic rings. The largest absolute Gasteiger partial charge is 0.327 e. The molecule has 4 nitrogen and oxygen atoms in total. The number of hydrogen-bond acceptors (Lipinski definition) is 3. The maximum atomic E-state index is 10.8. The predicted molar refractivity (Wildman–Crippen MR) is 73.5 cm³/mol. The van der Waals surface area contributed by atoms with E-state index in [1.54, 1.807) is 0 Å². The topological polar surface area (TPSA) is 40.5 Å². The predicted octanol–water partition coefficient (Wildman–Crippen LogP) is 1.90. The number of para-hydroxylation sites is 2. The Bertz CT molecular complexity index is 462. The van der Waals surface area contributed by atoms with E-state index in [-0.39, 0.29) is 5.24 Å². The number of anilines is 1. The van der Waals surface area contributed by atoms with Gasteiger partial charge in [-0.25, -0.2) is 0 Å². The average Bonchev–Trinajstić information content (AvgIpc) is 2.51. The minimum atomic E-state index is -0.618. The summed E-state index contributed by atoms with van der Waals surface area (Å²) in [5, 5.41) is 10.1. The fraction of sp³-hybridized carbons (Fsp3) is 0.462. The van der Waals surface area contributed by atoms with Crippen LogP contribution in [0.15, 0.2) is 24.3 Å². The van der Waals surface area contributed by atoms with Crippen LogP contribution in [0.4, 0.5) is 11.4 Å². The molecule has 0 radical (unpaired) electrons. The second kappa shape index (κ2) is 4.88. The van der Waals surface area contributed by atoms with Crippen LogP contribution in [0.2, 0.25) is 0 Å². The molecular weight excluding hydrogens is 252 g/mol. The first-order chi connectivity index (χ1) is 8.44. The van der Waals surface area contributed by atoms with Crippen LogP contribution in [0.5, 0.6) is 0 Å². The van der Waals surface area contributed by atoms with E-state index in [2.05, 4.69) is 0 Å². The SMILES string of the molecule is C[N+]1(C)c2ccccc2N(CCCC(=O)Cl)C1O. The molecule has 0 fully saturated rings. The highest BCUT2D eigenvalue weighted by atomic mass is 35.5. The highest BCUT2D eigenvalue weighted by Crippen LogP contribution is 2.41. The molecule has 0 saturated heterocycles. The number of benzene rings is 1. The van der Waals surface area contributed by atoms with Crippen molar-refractivity contribution < 1.29 is 9.90 Å². The maximum absolute atomic E-state index is 10.8. The van der Waals surface area contributed by atoms with Gasteiger partial charge in [-0.15, -0.1) is 0 Å². The second-order valence-corrected chi connectivity index (χ2v) is 5.45. The molecule has 1 aromatic rings. The molecule has 1 unspecified atom stereocenters. The van der Waals surface area contributed by atoms with Crippen molar-refractivity contribution in [2.75, 3.05) is 25.5 Å². The van der Waals surface area contributed by atoms with Crippen molar-refractivity contribution in [1.29, 1.82) is 0 Å². The molecule has 0 aromatic heterocycles. The Morgan fingerprint density at radius 2 is 2.11 bits per heavy atom. The third-order valence-electron chi connectivity index (χ3n) is 3.44. The zero-order valence-corrected chi connectivity index (χ0v) is 11.4. The molecule has 18 heavy (non-hydrogen) atoms. The number of aliphatic hydroxyl groups is 1. The summed E-state index contributed by atoms with van der Waals surface area (Å²) in [5.74, 6) is 0. The van der Waals surface area contributed by atoms with Crippen molar-refractivity contribution in [3.05, 3.63) is 24.3 Å². The van der Waals surface area contributed by atoms with E-state index in [1.807, 2.05) is 43.3 Å². The number of hydrogen-bond donors (Lipinski definition) is 1. The average molecular weight is 270 g/mol. The molecule has 1 N–H and O–H groups in total. The fourth-order valence-electron chi connectivity index (χ4n) is 2.42. The van der Waals surface area contributed by atoms with Gasteiger partial charge in [0.15, 0.2) is 5.69 Å². The highest BCUT2D eigenvalue weighted by molar-refractivity contribution is 6.63. The van der Waals surface area contributed by atoms with Crippen molar-refractivity contribution in [3.63, 3.8) is 0 Å². The molecular formula is C13H18ClN2O2+. The minimum Gasteiger partial charge on any atom is -0.327 e. The van der Waals surface area contributed by atoms with E-state index < -0.39 is 6.35 Å². The van der Waals surface area contributed by atoms with Crippen LogP contribution in [0.25, 0.3) is 0 Å². The zero-order chi connectivity index (χ0) is 13.3. The van der Waals surface area contributed by atoms with E-state index in [1.165, 1.54) is 0 Å². The van der Waals surface area contributed by atoms with Gasteiger partial charge in [0.25, 0.3) is 6.35 Å². The third kappa shape index (κ3) is 2.23. The summed E-state index contributed by atoms with van der Waals surface area (Å²) in [6.07, 6.45) is 0.363. The molecule has 1 aliphatic heterocycles. The minimum absolute atomic E-state index is 0.328. The van der Waals surface area contributed by atoms with E-state index in [0.717, 1.165) is 11.4 Å². The number of nitrogens with zero attached hydrogens (tertiary/aromatic N) is 2. The van der Waals surface area contributed by atoms with Crippen molar-refractivity contribution in [1.82, 2.24) is 4.48 Å². The van der Waals surface area contributed by atoms with Crippen molar-refractivity contribution in [2.45, 2.75) is 19.2 Å². The summed E-state index contributed by atoms with van der Waals surface area (Å²) in [5.41, 5.74) is 2.11. The first-order valence-corrected chi connectivity index (χ1v) is 6.38. The summed E-state index contributed by atoms with van der Waals surface area (Å²) in [4.78, 5) is 12.7. The summed E-state index contributed by atoms with van der Waals surface area (Å²) < 4.78 is 0.408. The zero-order valence-electron chi connectivity index (χ0n) is 10.6. The summed E-state index contributed by atoms with van der Waals surface area (Å²) in [6.45, 7) is 0.623. The van der Waals surface area contributed by atoms with Crippen molar-refractivity contribution >= 4 is 28.2 Å². The fourth-order valence-corrected chi connectivity index (χ4v) is 2.55. The van der Waals surface area contributed by atoms with Gasteiger partial charge >= 0.3 is 0 Å². The Hall–Kier alpha value is -1.10. The van der Waals surface area contributed by atoms with Gasteiger partial charge in [-0.05, 0) is 24.1 Å². The standard InChI is InChI=1S/C13H18ClN2O2/c1-16(2)11-7-4-3-6-10(11)15(13(16)18)9-5-8-12(14)17/h3-4,6-7,13,18H,5,8-9H2,1-2H3/q+1. The van der Waals surface area contributed by atoms with Crippen LogP contribution in [-0.2, 0) is 4.79 Å². The molecule has 0 bridgehead atoms. The number of fused-ring (bicyclic) bond motifs is 1. The van der Waals surface area contributed by atoms with E-state index in [9.17, 15) is 9.90 Å². The lowest BCUT2D eigenvalue weighted by Crippen LogP contribution is -2.54. The summed E-state index contributed by atoms with van der Waals surface area (Å²) in [7, 11) is 3.94. The van der Waals surface area contributed by atoms with E-state index in [4.69, 9.17) is 11.6 Å². The monoisotopic (exact) mass is 269 g/mol. The molecule has 0 aliphatic carbocycles. The number of quaternary nitrogens is 1. The van der Waals surface area contributed by atoms with Crippen LogP contribution in [0, 0.1) is 0 Å². The lowest BCUT2D eigenvalue weighted by molar-refractivity contribution is -0.111. The summed E-state index contributed by atoms with van der Waals surface area (Å²) in [6, 6.07) is 7.94. The van der Waals surface area contributed by atoms with Gasteiger partial charge in [0.05, 0.1) is 14.1 Å². The normalized spacial score (nSPS) is 20.9. The molecule has 98 valence electrons. The number of carbonyl (C=O) groups is 1. The van der Waals surface area contributed by atoms with Gasteiger partial charge in [0.1, 0.15) is 5.69 Å². The van der Waals surface area contributed by atoms with Gasteiger partial charge in [0.2, 0.25) is 5.24 Å². The third-order valence-corrected chi connectivity index (χ3v) is 3.63. The maximum Gasteiger partial charge on any atom is 0.279 e. The van der Waals surface area contributed by atoms with Gasteiger partial charge in [-0.3, -0.25) is 14.2 Å². The van der Waals surface area contributed by atoms with Gasteiger partial charge in [-0.1, -0.05) is 12.1 Å². The number of rotatable bonds is 4. The molecule has 1 aromatic carbocycles. The van der Waals surface area contributed by atoms with Gasteiger partial charge < -0.3 is 5.11 Å². The lowest BCUT2D eigenvalue weighted by atomic mass is 10.2. The number of aliphatic hydroxyl groups excluding tert-OH is 1. The Kier molecular flexibility index (Phi) is 3.61. The van der Waals surface area contributed by atoms with Crippen LogP contribution < -0.4 is 9.38 Å². The Balaban J connectivity index is 2.19. The van der Waals surface area contributed by atoms with Crippen LogP contribution >= 0.6 is 11.6 Å². The number of halogens is 1. The van der Waals surface area contributed by atoms with Crippen LogP contribution in [-0.4, -0.2) is 37.3 Å². The first kappa shape index (κ1) is 13.3. The Morgan fingerprint density at radius 1 is 1.44 bits per heavy atom. The first-order valence-electron chi connectivity index (χ1n) is 6.01. The molecule has 5 heteroatoms. The lowest BCUT2D eigenvalue weighted by Gasteiger charge is -2.30. The molecule has 1 atom stereocenters. The quantitative estimate of drug-likeness (QED) is 0.670. The Morgan fingerprint density at radius 3 is 2.78 bits per heavy atom. The molecule has 0 saturated carbocycles. The van der Waals surface area contributed by atoms with Crippen molar-refractivity contribution in [2.24, 2.45) is 0 Å². The molecule has 2 rings (SSSR count). The van der Waals surface area contributed by atoms with E-state index in [0.29, 0.717) is 23.9 Å². The smallest absolute Gasteiger partial charge is 0.279 e. The van der Waals surface area contributed by atoms with Crippen molar-refractivity contribution in [3.8, 4) is 0 Å². The summed E-state index contributed by atoms with van der Waals surface area (Å²) >= 11 is 5.33. The van der Waals surface area contributed by atoms with Crippen LogP contribution in [0.1, 0.15) is 12.8 Å². The molecule has 0 spiro atoms. The van der Waals surface area contributed by atoms with Crippen LogP contribution in [0.3, 0.4) is 0 Å². The van der Waals surface area contributed by atoms with E-state index >= 15 is 0 Å².